The van der Waals surface area contributed by atoms with Crippen LogP contribution in [0, 0.1) is 5.82 Å². The second-order valence-corrected chi connectivity index (χ2v) is 6.42. The monoisotopic (exact) mass is 312 g/mol. The largest absolute Gasteiger partial charge is 0.320 e. The molecule has 1 fully saturated rings. The number of rotatable bonds is 7. The predicted molar refractivity (Wildman–Crippen MR) is 87.6 cm³/mol. The van der Waals surface area contributed by atoms with Crippen molar-refractivity contribution >= 4 is 11.6 Å². The molecule has 1 aliphatic heterocycles. The molecule has 1 aromatic rings. The number of benzene rings is 1. The Morgan fingerprint density at radius 2 is 1.95 bits per heavy atom. The minimum atomic E-state index is -0.232. The molecule has 1 N–H and O–H groups in total. The molecular formula is C17H26ClFN2. The second-order valence-electron chi connectivity index (χ2n) is 5.98. The van der Waals surface area contributed by atoms with Crippen LogP contribution in [0.3, 0.4) is 0 Å². The van der Waals surface area contributed by atoms with Gasteiger partial charge in [0.2, 0.25) is 0 Å². The third-order valence-electron chi connectivity index (χ3n) is 4.34. The lowest BCUT2D eigenvalue weighted by molar-refractivity contribution is 0.219. The van der Waals surface area contributed by atoms with Gasteiger partial charge in [0.25, 0.3) is 0 Å². The summed E-state index contributed by atoms with van der Waals surface area (Å²) in [7, 11) is 1.96. The van der Waals surface area contributed by atoms with Gasteiger partial charge in [0.1, 0.15) is 5.82 Å². The molecule has 1 saturated heterocycles. The van der Waals surface area contributed by atoms with E-state index in [1.54, 1.807) is 6.07 Å². The molecule has 0 unspecified atom stereocenters. The zero-order valence-corrected chi connectivity index (χ0v) is 13.6. The smallest absolute Gasteiger partial charge is 0.124 e. The van der Waals surface area contributed by atoms with E-state index in [-0.39, 0.29) is 5.82 Å². The van der Waals surface area contributed by atoms with Gasteiger partial charge in [-0.25, -0.2) is 4.39 Å². The van der Waals surface area contributed by atoms with E-state index < -0.39 is 0 Å². The first kappa shape index (κ1) is 16.7. The van der Waals surface area contributed by atoms with Gasteiger partial charge in [-0.15, -0.1) is 0 Å². The third kappa shape index (κ3) is 5.57. The molecule has 0 spiro atoms. The first-order valence-electron chi connectivity index (χ1n) is 8.02. The van der Waals surface area contributed by atoms with E-state index in [0.717, 1.165) is 31.5 Å². The van der Waals surface area contributed by atoms with E-state index in [0.29, 0.717) is 10.9 Å². The average molecular weight is 313 g/mol. The van der Waals surface area contributed by atoms with Crippen LogP contribution in [0.4, 0.5) is 4.39 Å². The standard InChI is InChI=1S/C17H26ClFN2/c1-20-7-5-14(6-10-21-8-3-2-4-9-21)15-11-16(18)13-17(19)12-15/h11-14,20H,2-10H2,1H3/t14-/m1/s1. The van der Waals surface area contributed by atoms with Gasteiger partial charge in [0.15, 0.2) is 0 Å². The topological polar surface area (TPSA) is 15.3 Å². The zero-order chi connectivity index (χ0) is 15.1. The Balaban J connectivity index is 1.98. The summed E-state index contributed by atoms with van der Waals surface area (Å²) in [6, 6.07) is 4.94. The highest BCUT2D eigenvalue weighted by atomic mass is 35.5. The number of nitrogens with one attached hydrogen (secondary N) is 1. The van der Waals surface area contributed by atoms with Crippen LogP contribution in [-0.2, 0) is 0 Å². The van der Waals surface area contributed by atoms with Crippen molar-refractivity contribution in [3.63, 3.8) is 0 Å². The van der Waals surface area contributed by atoms with Crippen LogP contribution in [-0.4, -0.2) is 38.1 Å². The minimum Gasteiger partial charge on any atom is -0.320 e. The fraction of sp³-hybridized carbons (Fsp3) is 0.647. The van der Waals surface area contributed by atoms with E-state index in [1.165, 1.54) is 38.4 Å². The molecule has 0 aliphatic carbocycles. The molecule has 4 heteroatoms. The Morgan fingerprint density at radius 3 is 2.62 bits per heavy atom. The van der Waals surface area contributed by atoms with Crippen LogP contribution in [0.5, 0.6) is 0 Å². The lowest BCUT2D eigenvalue weighted by atomic mass is 9.92. The summed E-state index contributed by atoms with van der Waals surface area (Å²) in [5.41, 5.74) is 1.03. The average Bonchev–Trinajstić information content (AvgIpc) is 2.47. The molecule has 1 atom stereocenters. The van der Waals surface area contributed by atoms with E-state index >= 15 is 0 Å². The van der Waals surface area contributed by atoms with Crippen LogP contribution in [0.1, 0.15) is 43.6 Å². The molecule has 118 valence electrons. The Hall–Kier alpha value is -0.640. The normalized spacial score (nSPS) is 17.9. The number of likely N-dealkylation sites (tertiary alicyclic amines) is 1. The van der Waals surface area contributed by atoms with Gasteiger partial charge in [-0.05, 0) is 88.6 Å². The molecule has 0 radical (unpaired) electrons. The fourth-order valence-electron chi connectivity index (χ4n) is 3.13. The quantitative estimate of drug-likeness (QED) is 0.817. The van der Waals surface area contributed by atoms with Crippen LogP contribution in [0.2, 0.25) is 5.02 Å². The van der Waals surface area contributed by atoms with Gasteiger partial charge in [-0.2, -0.15) is 0 Å². The molecule has 0 bridgehead atoms. The fourth-order valence-corrected chi connectivity index (χ4v) is 3.36. The number of hydrogen-bond donors (Lipinski definition) is 1. The highest BCUT2D eigenvalue weighted by molar-refractivity contribution is 6.30. The molecule has 0 aromatic heterocycles. The van der Waals surface area contributed by atoms with Crippen molar-refractivity contribution in [1.29, 1.82) is 0 Å². The van der Waals surface area contributed by atoms with Crippen LogP contribution < -0.4 is 5.32 Å². The van der Waals surface area contributed by atoms with Crippen LogP contribution >= 0.6 is 11.6 Å². The molecule has 0 saturated carbocycles. The predicted octanol–water partition coefficient (Wildman–Crippen LogP) is 4.05. The number of piperidine rings is 1. The number of nitrogens with zero attached hydrogens (tertiary/aromatic N) is 1. The summed E-state index contributed by atoms with van der Waals surface area (Å²) in [6.07, 6.45) is 6.07. The Kier molecular flexibility index (Phi) is 6.94. The molecule has 21 heavy (non-hydrogen) atoms. The van der Waals surface area contributed by atoms with Crippen molar-refractivity contribution in [2.75, 3.05) is 33.2 Å². The lowest BCUT2D eigenvalue weighted by Gasteiger charge is -2.28. The third-order valence-corrected chi connectivity index (χ3v) is 4.56. The Bertz CT molecular complexity index is 413. The molecule has 1 heterocycles. The minimum absolute atomic E-state index is 0.232. The van der Waals surface area contributed by atoms with Crippen LogP contribution in [0.25, 0.3) is 0 Å². The maximum atomic E-state index is 13.6. The maximum Gasteiger partial charge on any atom is 0.124 e. The number of halogens is 2. The van der Waals surface area contributed by atoms with Gasteiger partial charge in [-0.1, -0.05) is 18.0 Å². The van der Waals surface area contributed by atoms with Crippen molar-refractivity contribution in [2.24, 2.45) is 0 Å². The second kappa shape index (κ2) is 8.72. The summed E-state index contributed by atoms with van der Waals surface area (Å²) in [6.45, 7) is 4.46. The highest BCUT2D eigenvalue weighted by Crippen LogP contribution is 2.27. The Morgan fingerprint density at radius 1 is 1.19 bits per heavy atom. The summed E-state index contributed by atoms with van der Waals surface area (Å²) < 4.78 is 13.6. The van der Waals surface area contributed by atoms with Gasteiger partial charge in [-0.3, -0.25) is 0 Å². The first-order valence-corrected chi connectivity index (χ1v) is 8.40. The SMILES string of the molecule is CNCC[C@H](CCN1CCCCC1)c1cc(F)cc(Cl)c1. The van der Waals surface area contributed by atoms with Crippen LogP contribution in [0.15, 0.2) is 18.2 Å². The molecule has 2 rings (SSSR count). The molecular weight excluding hydrogens is 287 g/mol. The maximum absolute atomic E-state index is 13.6. The van der Waals surface area contributed by atoms with Gasteiger partial charge < -0.3 is 10.2 Å². The van der Waals surface area contributed by atoms with Gasteiger partial charge in [0, 0.05) is 5.02 Å². The van der Waals surface area contributed by atoms with Crippen molar-refractivity contribution in [3.8, 4) is 0 Å². The van der Waals surface area contributed by atoms with Gasteiger partial charge in [0.05, 0.1) is 0 Å². The van der Waals surface area contributed by atoms with Crippen molar-refractivity contribution in [3.05, 3.63) is 34.6 Å². The van der Waals surface area contributed by atoms with E-state index in [9.17, 15) is 4.39 Å². The lowest BCUT2D eigenvalue weighted by Crippen LogP contribution is -2.31. The van der Waals surface area contributed by atoms with E-state index in [2.05, 4.69) is 10.2 Å². The van der Waals surface area contributed by atoms with Crippen molar-refractivity contribution < 1.29 is 4.39 Å². The highest BCUT2D eigenvalue weighted by Gasteiger charge is 2.16. The van der Waals surface area contributed by atoms with Gasteiger partial charge >= 0.3 is 0 Å². The summed E-state index contributed by atoms with van der Waals surface area (Å²) in [4.78, 5) is 2.54. The summed E-state index contributed by atoms with van der Waals surface area (Å²) >= 11 is 6.01. The molecule has 1 aromatic carbocycles. The van der Waals surface area contributed by atoms with Crippen molar-refractivity contribution in [1.82, 2.24) is 10.2 Å². The summed E-state index contributed by atoms with van der Waals surface area (Å²) in [5.74, 6) is 0.137. The summed E-state index contributed by atoms with van der Waals surface area (Å²) in [5, 5.41) is 3.69. The Labute approximate surface area is 132 Å². The number of hydrogen-bond acceptors (Lipinski definition) is 2. The van der Waals surface area contributed by atoms with Crippen molar-refractivity contribution in [2.45, 2.75) is 38.0 Å². The first-order chi connectivity index (χ1) is 10.2. The molecule has 1 aliphatic rings. The molecule has 0 amide bonds. The molecule has 2 nitrogen and oxygen atoms in total. The van der Waals surface area contributed by atoms with E-state index in [4.69, 9.17) is 11.6 Å². The zero-order valence-electron chi connectivity index (χ0n) is 12.9. The van der Waals surface area contributed by atoms with E-state index in [1.807, 2.05) is 13.1 Å².